The maximum absolute atomic E-state index is 11.3. The van der Waals surface area contributed by atoms with E-state index in [0.29, 0.717) is 5.92 Å². The number of ketones is 1. The molecule has 2 unspecified atom stereocenters. The maximum Gasteiger partial charge on any atom is 0.212 e. The Morgan fingerprint density at radius 3 is 2.82 bits per heavy atom. The lowest BCUT2D eigenvalue weighted by Gasteiger charge is -2.22. The smallest absolute Gasteiger partial charge is 0.212 e. The van der Waals surface area contributed by atoms with E-state index in [1.165, 1.54) is 0 Å². The molecule has 11 heavy (non-hydrogen) atoms. The first-order valence-electron chi connectivity index (χ1n) is 3.83. The minimum atomic E-state index is -0.325. The standard InChI is InChI=1S/C9H13NO/c1-4-8(11)9(3)6-10-5-7(9)2/h1,7,10H,5-6H2,2-3H3. The van der Waals surface area contributed by atoms with Crippen molar-refractivity contribution in [2.24, 2.45) is 11.3 Å². The molecule has 2 atom stereocenters. The lowest BCUT2D eigenvalue weighted by Crippen LogP contribution is -2.33. The number of terminal acetylenes is 1. The zero-order valence-corrected chi connectivity index (χ0v) is 6.98. The van der Waals surface area contributed by atoms with E-state index in [0.717, 1.165) is 13.1 Å². The Morgan fingerprint density at radius 2 is 2.45 bits per heavy atom. The molecular formula is C9H13NO. The van der Waals surface area contributed by atoms with Gasteiger partial charge in [0.15, 0.2) is 0 Å². The van der Waals surface area contributed by atoms with E-state index >= 15 is 0 Å². The van der Waals surface area contributed by atoms with Crippen LogP contribution in [-0.4, -0.2) is 18.9 Å². The van der Waals surface area contributed by atoms with Crippen molar-refractivity contribution in [3.63, 3.8) is 0 Å². The molecular weight excluding hydrogens is 138 g/mol. The lowest BCUT2D eigenvalue weighted by atomic mass is 9.77. The number of carbonyl (C=O) groups is 1. The highest BCUT2D eigenvalue weighted by Crippen LogP contribution is 2.31. The summed E-state index contributed by atoms with van der Waals surface area (Å²) in [5.74, 6) is 2.48. The number of hydrogen-bond acceptors (Lipinski definition) is 2. The molecule has 0 spiro atoms. The van der Waals surface area contributed by atoms with Crippen LogP contribution in [0.2, 0.25) is 0 Å². The van der Waals surface area contributed by atoms with Crippen molar-refractivity contribution in [1.29, 1.82) is 0 Å². The average molecular weight is 151 g/mol. The van der Waals surface area contributed by atoms with E-state index in [4.69, 9.17) is 6.42 Å². The first-order chi connectivity index (χ1) is 5.11. The third-order valence-corrected chi connectivity index (χ3v) is 2.68. The number of rotatable bonds is 1. The van der Waals surface area contributed by atoms with Crippen LogP contribution >= 0.6 is 0 Å². The van der Waals surface area contributed by atoms with E-state index < -0.39 is 0 Å². The Labute approximate surface area is 67.4 Å². The van der Waals surface area contributed by atoms with E-state index in [1.807, 2.05) is 6.92 Å². The second-order valence-corrected chi connectivity index (χ2v) is 3.42. The van der Waals surface area contributed by atoms with E-state index in [1.54, 1.807) is 0 Å². The van der Waals surface area contributed by atoms with Crippen LogP contribution in [0.1, 0.15) is 13.8 Å². The van der Waals surface area contributed by atoms with Crippen LogP contribution in [0.4, 0.5) is 0 Å². The third-order valence-electron chi connectivity index (χ3n) is 2.68. The Morgan fingerprint density at radius 1 is 1.82 bits per heavy atom. The van der Waals surface area contributed by atoms with Gasteiger partial charge < -0.3 is 5.32 Å². The van der Waals surface area contributed by atoms with Crippen molar-refractivity contribution < 1.29 is 4.79 Å². The lowest BCUT2D eigenvalue weighted by molar-refractivity contribution is -0.122. The molecule has 1 aliphatic heterocycles. The third kappa shape index (κ3) is 1.17. The van der Waals surface area contributed by atoms with Gasteiger partial charge >= 0.3 is 0 Å². The van der Waals surface area contributed by atoms with Crippen LogP contribution in [0.25, 0.3) is 0 Å². The predicted octanol–water partition coefficient (Wildman–Crippen LogP) is 0.434. The second-order valence-electron chi connectivity index (χ2n) is 3.42. The monoisotopic (exact) mass is 151 g/mol. The van der Waals surface area contributed by atoms with Gasteiger partial charge in [-0.15, -0.1) is 6.42 Å². The summed E-state index contributed by atoms with van der Waals surface area (Å²) in [6.07, 6.45) is 5.07. The van der Waals surface area contributed by atoms with Gasteiger partial charge in [0.2, 0.25) is 5.78 Å². The minimum absolute atomic E-state index is 0.0741. The summed E-state index contributed by atoms with van der Waals surface area (Å²) < 4.78 is 0. The van der Waals surface area contributed by atoms with Gasteiger partial charge in [0, 0.05) is 6.54 Å². The molecule has 1 fully saturated rings. The molecule has 1 heterocycles. The van der Waals surface area contributed by atoms with Gasteiger partial charge in [0.25, 0.3) is 0 Å². The molecule has 0 saturated carbocycles. The van der Waals surface area contributed by atoms with Crippen LogP contribution in [-0.2, 0) is 4.79 Å². The number of hydrogen-bond donors (Lipinski definition) is 1. The second kappa shape index (κ2) is 2.67. The molecule has 0 bridgehead atoms. The predicted molar refractivity (Wildman–Crippen MR) is 44.0 cm³/mol. The zero-order valence-electron chi connectivity index (χ0n) is 6.98. The highest BCUT2D eigenvalue weighted by Gasteiger charge is 2.41. The Bertz CT molecular complexity index is 216. The van der Waals surface area contributed by atoms with Crippen LogP contribution < -0.4 is 5.32 Å². The summed E-state index contributed by atoms with van der Waals surface area (Å²) in [7, 11) is 0. The number of Topliss-reactive ketones (excluding diaryl/α,β-unsaturated/α-hetero) is 1. The molecule has 0 aromatic carbocycles. The molecule has 1 rings (SSSR count). The van der Waals surface area contributed by atoms with Crippen LogP contribution in [0, 0.1) is 23.7 Å². The van der Waals surface area contributed by atoms with Crippen molar-refractivity contribution in [2.45, 2.75) is 13.8 Å². The van der Waals surface area contributed by atoms with Gasteiger partial charge in [-0.1, -0.05) is 13.8 Å². The van der Waals surface area contributed by atoms with Crippen LogP contribution in [0.3, 0.4) is 0 Å². The molecule has 0 aromatic heterocycles. The molecule has 1 N–H and O–H groups in total. The molecule has 1 aliphatic rings. The summed E-state index contributed by atoms with van der Waals surface area (Å²) in [4.78, 5) is 11.3. The van der Waals surface area contributed by atoms with Crippen LogP contribution in [0.5, 0.6) is 0 Å². The molecule has 0 amide bonds. The molecule has 0 aromatic rings. The van der Waals surface area contributed by atoms with E-state index in [-0.39, 0.29) is 11.2 Å². The minimum Gasteiger partial charge on any atom is -0.315 e. The fourth-order valence-electron chi connectivity index (χ4n) is 1.42. The fourth-order valence-corrected chi connectivity index (χ4v) is 1.42. The zero-order chi connectivity index (χ0) is 8.48. The van der Waals surface area contributed by atoms with Crippen LogP contribution in [0.15, 0.2) is 0 Å². The van der Waals surface area contributed by atoms with Gasteiger partial charge in [0.1, 0.15) is 0 Å². The first kappa shape index (κ1) is 8.29. The topological polar surface area (TPSA) is 29.1 Å². The normalized spacial score (nSPS) is 36.6. The summed E-state index contributed by atoms with van der Waals surface area (Å²) in [6, 6.07) is 0. The summed E-state index contributed by atoms with van der Waals surface area (Å²) in [5, 5.41) is 3.16. The van der Waals surface area contributed by atoms with Crippen molar-refractivity contribution in [3.8, 4) is 12.3 Å². The molecule has 60 valence electrons. The Kier molecular flexibility index (Phi) is 2.01. The first-order valence-corrected chi connectivity index (χ1v) is 3.83. The molecule has 0 aliphatic carbocycles. The van der Waals surface area contributed by atoms with Crippen molar-refractivity contribution in [3.05, 3.63) is 0 Å². The van der Waals surface area contributed by atoms with Crippen molar-refractivity contribution >= 4 is 5.78 Å². The van der Waals surface area contributed by atoms with Crippen molar-refractivity contribution in [1.82, 2.24) is 5.32 Å². The van der Waals surface area contributed by atoms with E-state index in [9.17, 15) is 4.79 Å². The van der Waals surface area contributed by atoms with Gasteiger partial charge in [-0.05, 0) is 18.4 Å². The van der Waals surface area contributed by atoms with Gasteiger partial charge in [0.05, 0.1) is 5.41 Å². The van der Waals surface area contributed by atoms with E-state index in [2.05, 4.69) is 18.2 Å². The summed E-state index contributed by atoms with van der Waals surface area (Å²) in [5.41, 5.74) is -0.325. The largest absolute Gasteiger partial charge is 0.315 e. The highest BCUT2D eigenvalue weighted by atomic mass is 16.1. The molecule has 2 nitrogen and oxygen atoms in total. The quantitative estimate of drug-likeness (QED) is 0.435. The van der Waals surface area contributed by atoms with Gasteiger partial charge in [-0.2, -0.15) is 0 Å². The Hall–Kier alpha value is -0.810. The number of carbonyl (C=O) groups excluding carboxylic acids is 1. The van der Waals surface area contributed by atoms with Crippen molar-refractivity contribution in [2.75, 3.05) is 13.1 Å². The fraction of sp³-hybridized carbons (Fsp3) is 0.667. The molecule has 2 heteroatoms. The summed E-state index contributed by atoms with van der Waals surface area (Å²) >= 11 is 0. The molecule has 1 saturated heterocycles. The SMILES string of the molecule is C#CC(=O)C1(C)CNCC1C. The molecule has 0 radical (unpaired) electrons. The Balaban J connectivity index is 2.82. The van der Waals surface area contributed by atoms with Gasteiger partial charge in [-0.25, -0.2) is 0 Å². The summed E-state index contributed by atoms with van der Waals surface area (Å²) in [6.45, 7) is 5.59. The average Bonchev–Trinajstić information content (AvgIpc) is 2.32. The number of nitrogens with one attached hydrogen (secondary N) is 1. The van der Waals surface area contributed by atoms with Gasteiger partial charge in [-0.3, -0.25) is 4.79 Å². The highest BCUT2D eigenvalue weighted by molar-refractivity contribution is 5.99. The maximum atomic E-state index is 11.3.